The summed E-state index contributed by atoms with van der Waals surface area (Å²) in [7, 11) is 1.88. The summed E-state index contributed by atoms with van der Waals surface area (Å²) in [4.78, 5) is 3.59. The van der Waals surface area contributed by atoms with Gasteiger partial charge in [-0.1, -0.05) is 17.7 Å². The molecule has 0 saturated carbocycles. The zero-order chi connectivity index (χ0) is 13.3. The van der Waals surface area contributed by atoms with Crippen LogP contribution < -0.4 is 4.90 Å². The molecule has 0 unspecified atom stereocenters. The molecule has 18 heavy (non-hydrogen) atoms. The minimum absolute atomic E-state index is 0.442. The molecule has 2 rings (SSSR count). The Morgan fingerprint density at radius 1 is 1.28 bits per heavy atom. The van der Waals surface area contributed by atoms with Crippen molar-refractivity contribution in [3.63, 3.8) is 0 Å². The van der Waals surface area contributed by atoms with Crippen LogP contribution in [0.2, 0.25) is 0 Å². The zero-order valence-corrected chi connectivity index (χ0v) is 10.5. The molecule has 0 atom stereocenters. The van der Waals surface area contributed by atoms with Crippen LogP contribution in [0.5, 0.6) is 0 Å². The van der Waals surface area contributed by atoms with Gasteiger partial charge in [0, 0.05) is 12.2 Å². The van der Waals surface area contributed by atoms with Crippen LogP contribution in [-0.4, -0.2) is 25.2 Å². The zero-order valence-electron chi connectivity index (χ0n) is 9.71. The fourth-order valence-electron chi connectivity index (χ4n) is 1.76. The highest BCUT2D eigenvalue weighted by atomic mass is 35.5. The highest BCUT2D eigenvalue weighted by molar-refractivity contribution is 6.31. The number of likely N-dealkylation sites (N-methyl/N-ethyl adjacent to an activating group) is 1. The van der Waals surface area contributed by atoms with Gasteiger partial charge in [0.2, 0.25) is 0 Å². The smallest absolute Gasteiger partial charge is 0.319 e. The summed E-state index contributed by atoms with van der Waals surface area (Å²) in [6.45, 7) is 1.16. The van der Waals surface area contributed by atoms with Gasteiger partial charge in [-0.25, -0.2) is 0 Å². The number of anilines is 1. The van der Waals surface area contributed by atoms with E-state index in [0.29, 0.717) is 24.1 Å². The van der Waals surface area contributed by atoms with Crippen molar-refractivity contribution in [3.8, 4) is 0 Å². The van der Waals surface area contributed by atoms with E-state index in [1.54, 1.807) is 17.0 Å². The summed E-state index contributed by atoms with van der Waals surface area (Å²) in [5, 5.41) is 0.451. The average Bonchev–Trinajstić information content (AvgIpc) is 2.31. The second-order valence-corrected chi connectivity index (χ2v) is 4.57. The lowest BCUT2D eigenvalue weighted by Crippen LogP contribution is -2.38. The first-order chi connectivity index (χ1) is 8.38. The molecule has 98 valence electrons. The van der Waals surface area contributed by atoms with Gasteiger partial charge in [-0.15, -0.1) is 0 Å². The van der Waals surface area contributed by atoms with E-state index in [1.807, 2.05) is 11.9 Å². The van der Waals surface area contributed by atoms with E-state index < -0.39 is 11.7 Å². The summed E-state index contributed by atoms with van der Waals surface area (Å²) < 4.78 is 37.9. The maximum Gasteiger partial charge on any atom is 0.416 e. The third-order valence-electron chi connectivity index (χ3n) is 2.70. The standard InChI is InChI=1S/C12H12ClF3N2/c1-17-6-5-11(13)18(8-17)10-4-2-3-9(7-10)12(14,15)16/h2-5,7H,6,8H2,1H3. The quantitative estimate of drug-likeness (QED) is 0.725. The number of benzene rings is 1. The Labute approximate surface area is 108 Å². The molecular weight excluding hydrogens is 265 g/mol. The molecule has 0 spiro atoms. The van der Waals surface area contributed by atoms with Crippen LogP contribution in [0.3, 0.4) is 0 Å². The van der Waals surface area contributed by atoms with Crippen molar-refractivity contribution in [1.29, 1.82) is 0 Å². The molecule has 0 N–H and O–H groups in total. The molecule has 1 aromatic rings. The Morgan fingerprint density at radius 2 is 2.00 bits per heavy atom. The number of hydrogen-bond donors (Lipinski definition) is 0. The van der Waals surface area contributed by atoms with Crippen LogP contribution in [0.25, 0.3) is 0 Å². The monoisotopic (exact) mass is 276 g/mol. The molecule has 1 heterocycles. The van der Waals surface area contributed by atoms with Crippen molar-refractivity contribution >= 4 is 17.3 Å². The van der Waals surface area contributed by atoms with Crippen LogP contribution in [0, 0.1) is 0 Å². The van der Waals surface area contributed by atoms with Gasteiger partial charge >= 0.3 is 6.18 Å². The molecule has 1 aromatic carbocycles. The largest absolute Gasteiger partial charge is 0.416 e. The summed E-state index contributed by atoms with van der Waals surface area (Å²) >= 11 is 6.03. The Bertz CT molecular complexity index is 471. The van der Waals surface area contributed by atoms with Gasteiger partial charge < -0.3 is 4.90 Å². The lowest BCUT2D eigenvalue weighted by Gasteiger charge is -2.33. The van der Waals surface area contributed by atoms with Crippen molar-refractivity contribution < 1.29 is 13.2 Å². The number of hydrogen-bond acceptors (Lipinski definition) is 2. The maximum absolute atomic E-state index is 12.6. The van der Waals surface area contributed by atoms with Gasteiger partial charge in [-0.3, -0.25) is 4.90 Å². The fraction of sp³-hybridized carbons (Fsp3) is 0.333. The molecule has 0 saturated heterocycles. The first kappa shape index (κ1) is 13.2. The average molecular weight is 277 g/mol. The minimum Gasteiger partial charge on any atom is -0.319 e. The maximum atomic E-state index is 12.6. The number of rotatable bonds is 1. The van der Waals surface area contributed by atoms with Gasteiger partial charge in [0.1, 0.15) is 5.16 Å². The first-order valence-corrected chi connectivity index (χ1v) is 5.75. The molecule has 0 aromatic heterocycles. The van der Waals surface area contributed by atoms with Crippen molar-refractivity contribution in [2.24, 2.45) is 0 Å². The lowest BCUT2D eigenvalue weighted by atomic mass is 10.2. The van der Waals surface area contributed by atoms with E-state index in [9.17, 15) is 13.2 Å². The van der Waals surface area contributed by atoms with Crippen molar-refractivity contribution in [3.05, 3.63) is 41.1 Å². The van der Waals surface area contributed by atoms with Crippen LogP contribution in [0.1, 0.15) is 5.56 Å². The third kappa shape index (κ3) is 2.79. The highest BCUT2D eigenvalue weighted by Crippen LogP contribution is 2.33. The molecule has 0 fully saturated rings. The van der Waals surface area contributed by atoms with E-state index in [2.05, 4.69) is 0 Å². The lowest BCUT2D eigenvalue weighted by molar-refractivity contribution is -0.137. The number of halogens is 4. The summed E-state index contributed by atoms with van der Waals surface area (Å²) in [5.41, 5.74) is -0.227. The summed E-state index contributed by atoms with van der Waals surface area (Å²) in [6, 6.07) is 5.16. The van der Waals surface area contributed by atoms with Gasteiger partial charge in [0.05, 0.1) is 12.2 Å². The summed E-state index contributed by atoms with van der Waals surface area (Å²) in [5.74, 6) is 0. The second kappa shape index (κ2) is 4.82. The van der Waals surface area contributed by atoms with E-state index in [-0.39, 0.29) is 0 Å². The second-order valence-electron chi connectivity index (χ2n) is 4.18. The van der Waals surface area contributed by atoms with E-state index in [0.717, 1.165) is 12.1 Å². The van der Waals surface area contributed by atoms with E-state index in [4.69, 9.17) is 11.6 Å². The van der Waals surface area contributed by atoms with Crippen LogP contribution in [0.4, 0.5) is 18.9 Å². The molecule has 0 bridgehead atoms. The van der Waals surface area contributed by atoms with Crippen molar-refractivity contribution in [1.82, 2.24) is 4.90 Å². The third-order valence-corrected chi connectivity index (χ3v) is 3.06. The Balaban J connectivity index is 2.34. The molecule has 0 radical (unpaired) electrons. The molecule has 1 aliphatic rings. The van der Waals surface area contributed by atoms with Crippen molar-refractivity contribution in [2.45, 2.75) is 6.18 Å². The predicted octanol–water partition coefficient (Wildman–Crippen LogP) is 3.49. The Kier molecular flexibility index (Phi) is 3.54. The SMILES string of the molecule is CN1CC=C(Cl)N(c2cccc(C(F)(F)F)c2)C1. The van der Waals surface area contributed by atoms with E-state index in [1.165, 1.54) is 6.07 Å². The van der Waals surface area contributed by atoms with Gasteiger partial charge in [-0.05, 0) is 31.3 Å². The fourth-order valence-corrected chi connectivity index (χ4v) is 1.98. The van der Waals surface area contributed by atoms with Crippen LogP contribution in [0.15, 0.2) is 35.5 Å². The Hall–Kier alpha value is -1.20. The van der Waals surface area contributed by atoms with Gasteiger partial charge in [0.25, 0.3) is 0 Å². The molecule has 6 heteroatoms. The number of nitrogens with zero attached hydrogens (tertiary/aromatic N) is 2. The molecule has 0 amide bonds. The van der Waals surface area contributed by atoms with Crippen LogP contribution >= 0.6 is 11.6 Å². The predicted molar refractivity (Wildman–Crippen MR) is 65.4 cm³/mol. The van der Waals surface area contributed by atoms with Crippen LogP contribution in [-0.2, 0) is 6.18 Å². The van der Waals surface area contributed by atoms with Gasteiger partial charge in [-0.2, -0.15) is 13.2 Å². The molecular formula is C12H12ClF3N2. The highest BCUT2D eigenvalue weighted by Gasteiger charge is 2.31. The van der Waals surface area contributed by atoms with Crippen molar-refractivity contribution in [2.75, 3.05) is 25.2 Å². The normalized spacial score (nSPS) is 17.8. The molecule has 1 aliphatic heterocycles. The first-order valence-electron chi connectivity index (χ1n) is 5.37. The van der Waals surface area contributed by atoms with Gasteiger partial charge in [0.15, 0.2) is 0 Å². The molecule has 2 nitrogen and oxygen atoms in total. The Morgan fingerprint density at radius 3 is 2.67 bits per heavy atom. The summed E-state index contributed by atoms with van der Waals surface area (Å²) in [6.07, 6.45) is -2.57. The van der Waals surface area contributed by atoms with E-state index >= 15 is 0 Å². The minimum atomic E-state index is -4.34. The number of alkyl halides is 3. The molecule has 0 aliphatic carbocycles. The topological polar surface area (TPSA) is 6.48 Å².